The predicted octanol–water partition coefficient (Wildman–Crippen LogP) is 0.633. The molecular formula is C11H16N2O6S. The zero-order valence-corrected chi connectivity index (χ0v) is 11.9. The van der Waals surface area contributed by atoms with Gasteiger partial charge in [-0.15, -0.1) is 0 Å². The molecule has 0 aliphatic heterocycles. The van der Waals surface area contributed by atoms with Crippen molar-refractivity contribution in [3.05, 3.63) is 39.9 Å². The van der Waals surface area contributed by atoms with Crippen LogP contribution in [0.2, 0.25) is 0 Å². The Morgan fingerprint density at radius 3 is 2.45 bits per heavy atom. The fourth-order valence-electron chi connectivity index (χ4n) is 1.52. The minimum atomic E-state index is -3.72. The molecule has 0 unspecified atom stereocenters. The smallest absolute Gasteiger partial charge is 0.273 e. The minimum Gasteiger partial charge on any atom is -0.355 e. The maximum atomic E-state index is 11.9. The topological polar surface area (TPSA) is 108 Å². The van der Waals surface area contributed by atoms with Gasteiger partial charge in [-0.3, -0.25) is 10.1 Å². The number of nitrogens with one attached hydrogen (secondary N) is 1. The van der Waals surface area contributed by atoms with Gasteiger partial charge in [-0.25, -0.2) is 13.1 Å². The Morgan fingerprint density at radius 1 is 1.30 bits per heavy atom. The van der Waals surface area contributed by atoms with E-state index < -0.39 is 27.0 Å². The highest BCUT2D eigenvalue weighted by Gasteiger charge is 2.20. The Kier molecular flexibility index (Phi) is 6.02. The van der Waals surface area contributed by atoms with Crippen molar-refractivity contribution in [1.82, 2.24) is 4.72 Å². The average molecular weight is 304 g/mol. The molecule has 0 amide bonds. The molecule has 0 heterocycles. The van der Waals surface area contributed by atoms with Crippen LogP contribution < -0.4 is 4.72 Å². The third-order valence-electron chi connectivity index (χ3n) is 2.53. The molecule has 0 fully saturated rings. The highest BCUT2D eigenvalue weighted by molar-refractivity contribution is 7.88. The predicted molar refractivity (Wildman–Crippen MR) is 71.5 cm³/mol. The van der Waals surface area contributed by atoms with Crippen LogP contribution in [0.4, 0.5) is 5.69 Å². The van der Waals surface area contributed by atoms with Gasteiger partial charge < -0.3 is 9.47 Å². The molecule has 0 aromatic heterocycles. The number of nitro groups is 1. The number of ether oxygens (including phenoxy) is 2. The number of hydrogen-bond donors (Lipinski definition) is 1. The summed E-state index contributed by atoms with van der Waals surface area (Å²) in [4.78, 5) is 10.2. The molecule has 0 aliphatic rings. The Labute approximate surface area is 116 Å². The van der Waals surface area contributed by atoms with Crippen molar-refractivity contribution in [2.75, 3.05) is 20.8 Å². The van der Waals surface area contributed by atoms with Crippen LogP contribution in [0.25, 0.3) is 0 Å². The zero-order chi connectivity index (χ0) is 15.2. The molecule has 1 aromatic rings. The molecule has 0 saturated carbocycles. The first-order valence-corrected chi connectivity index (χ1v) is 7.30. The number of benzene rings is 1. The van der Waals surface area contributed by atoms with E-state index in [1.165, 1.54) is 32.4 Å². The van der Waals surface area contributed by atoms with Crippen LogP contribution in [0, 0.1) is 10.1 Å². The van der Waals surface area contributed by atoms with Crippen molar-refractivity contribution in [3.8, 4) is 0 Å². The normalized spacial score (nSPS) is 11.8. The quantitative estimate of drug-likeness (QED) is 0.429. The van der Waals surface area contributed by atoms with E-state index in [4.69, 9.17) is 9.47 Å². The van der Waals surface area contributed by atoms with Crippen LogP contribution in [0.15, 0.2) is 24.3 Å². The Balaban J connectivity index is 2.79. The van der Waals surface area contributed by atoms with Gasteiger partial charge in [0.1, 0.15) is 0 Å². The number of hydrogen-bond acceptors (Lipinski definition) is 6. The molecule has 0 bridgehead atoms. The van der Waals surface area contributed by atoms with Crippen LogP contribution in [-0.2, 0) is 25.2 Å². The largest absolute Gasteiger partial charge is 0.355 e. The van der Waals surface area contributed by atoms with Crippen LogP contribution in [0.3, 0.4) is 0 Å². The molecule has 1 aromatic carbocycles. The number of nitro benzene ring substituents is 1. The van der Waals surface area contributed by atoms with Gasteiger partial charge in [-0.1, -0.05) is 18.2 Å². The SMILES string of the molecule is COC(CNS(=O)(=O)Cc1ccccc1[N+](=O)[O-])OC. The van der Waals surface area contributed by atoms with Gasteiger partial charge in [0.05, 0.1) is 17.2 Å². The lowest BCUT2D eigenvalue weighted by atomic mass is 10.2. The number of methoxy groups -OCH3 is 2. The van der Waals surface area contributed by atoms with E-state index >= 15 is 0 Å². The second-order valence-corrected chi connectivity index (χ2v) is 5.70. The lowest BCUT2D eigenvalue weighted by molar-refractivity contribution is -0.385. The van der Waals surface area contributed by atoms with E-state index in [0.717, 1.165) is 0 Å². The van der Waals surface area contributed by atoms with E-state index in [9.17, 15) is 18.5 Å². The molecule has 0 radical (unpaired) electrons. The van der Waals surface area contributed by atoms with Crippen molar-refractivity contribution >= 4 is 15.7 Å². The highest BCUT2D eigenvalue weighted by atomic mass is 32.2. The number of sulfonamides is 1. The summed E-state index contributed by atoms with van der Waals surface area (Å²) < 4.78 is 35.7. The molecular weight excluding hydrogens is 288 g/mol. The van der Waals surface area contributed by atoms with E-state index in [0.29, 0.717) is 0 Å². The van der Waals surface area contributed by atoms with Gasteiger partial charge in [0.15, 0.2) is 6.29 Å². The van der Waals surface area contributed by atoms with Crippen molar-refractivity contribution in [2.45, 2.75) is 12.0 Å². The van der Waals surface area contributed by atoms with Crippen LogP contribution in [0.1, 0.15) is 5.56 Å². The summed E-state index contributed by atoms with van der Waals surface area (Å²) >= 11 is 0. The standard InChI is InChI=1S/C11H16N2O6S/c1-18-11(19-2)7-12-20(16,17)8-9-5-3-4-6-10(9)13(14)15/h3-6,11-12H,7-8H2,1-2H3. The summed E-state index contributed by atoms with van der Waals surface area (Å²) in [6.07, 6.45) is -0.712. The van der Waals surface area contributed by atoms with Gasteiger partial charge in [-0.2, -0.15) is 0 Å². The molecule has 8 nitrogen and oxygen atoms in total. The van der Waals surface area contributed by atoms with E-state index in [2.05, 4.69) is 4.72 Å². The maximum absolute atomic E-state index is 11.9. The summed E-state index contributed by atoms with van der Waals surface area (Å²) in [5.41, 5.74) is -0.107. The average Bonchev–Trinajstić information content (AvgIpc) is 2.39. The van der Waals surface area contributed by atoms with E-state index in [1.54, 1.807) is 6.07 Å². The van der Waals surface area contributed by atoms with Gasteiger partial charge in [0.25, 0.3) is 5.69 Å². The van der Waals surface area contributed by atoms with Gasteiger partial charge in [0.2, 0.25) is 10.0 Å². The van der Waals surface area contributed by atoms with Crippen LogP contribution >= 0.6 is 0 Å². The number of para-hydroxylation sites is 1. The second-order valence-electron chi connectivity index (χ2n) is 3.89. The number of nitrogens with zero attached hydrogens (tertiary/aromatic N) is 1. The highest BCUT2D eigenvalue weighted by Crippen LogP contribution is 2.19. The van der Waals surface area contributed by atoms with Crippen molar-refractivity contribution in [3.63, 3.8) is 0 Å². The van der Waals surface area contributed by atoms with E-state index in [-0.39, 0.29) is 17.8 Å². The van der Waals surface area contributed by atoms with Gasteiger partial charge in [0, 0.05) is 25.8 Å². The summed E-state index contributed by atoms with van der Waals surface area (Å²) in [7, 11) is -0.961. The molecule has 112 valence electrons. The molecule has 1 N–H and O–H groups in total. The molecule has 20 heavy (non-hydrogen) atoms. The first kappa shape index (κ1) is 16.5. The monoisotopic (exact) mass is 304 g/mol. The summed E-state index contributed by atoms with van der Waals surface area (Å²) in [5.74, 6) is -0.482. The zero-order valence-electron chi connectivity index (χ0n) is 11.1. The first-order valence-electron chi connectivity index (χ1n) is 5.65. The maximum Gasteiger partial charge on any atom is 0.273 e. The fourth-order valence-corrected chi connectivity index (χ4v) is 2.67. The van der Waals surface area contributed by atoms with Crippen LogP contribution in [0.5, 0.6) is 0 Å². The molecule has 1 rings (SSSR count). The number of rotatable bonds is 8. The fraction of sp³-hybridized carbons (Fsp3) is 0.455. The summed E-state index contributed by atoms with van der Waals surface area (Å²) in [5, 5.41) is 10.8. The summed E-state index contributed by atoms with van der Waals surface area (Å²) in [6, 6.07) is 5.69. The molecule has 0 aliphatic carbocycles. The van der Waals surface area contributed by atoms with Crippen molar-refractivity contribution in [1.29, 1.82) is 0 Å². The Hall–Kier alpha value is -1.55. The Morgan fingerprint density at radius 2 is 1.90 bits per heavy atom. The minimum absolute atomic E-state index is 0.0734. The molecule has 0 atom stereocenters. The molecule has 0 spiro atoms. The van der Waals surface area contributed by atoms with Crippen molar-refractivity contribution < 1.29 is 22.8 Å². The third-order valence-corrected chi connectivity index (χ3v) is 3.83. The first-order chi connectivity index (χ1) is 9.39. The second kappa shape index (κ2) is 7.29. The summed E-state index contributed by atoms with van der Waals surface area (Å²) in [6.45, 7) is -0.0734. The van der Waals surface area contributed by atoms with Crippen LogP contribution in [-0.4, -0.2) is 40.4 Å². The van der Waals surface area contributed by atoms with Gasteiger partial charge >= 0.3 is 0 Å². The lowest BCUT2D eigenvalue weighted by Gasteiger charge is -2.14. The molecule has 9 heteroatoms. The lowest BCUT2D eigenvalue weighted by Crippen LogP contribution is -2.34. The Bertz CT molecular complexity index is 556. The third kappa shape index (κ3) is 4.85. The van der Waals surface area contributed by atoms with Gasteiger partial charge in [-0.05, 0) is 0 Å². The van der Waals surface area contributed by atoms with E-state index in [1.807, 2.05) is 0 Å². The van der Waals surface area contributed by atoms with Crippen molar-refractivity contribution in [2.24, 2.45) is 0 Å². The molecule has 0 saturated heterocycles.